The Morgan fingerprint density at radius 3 is 2.05 bits per heavy atom. The lowest BCUT2D eigenvalue weighted by molar-refractivity contribution is -0.873. The van der Waals surface area contributed by atoms with Crippen LogP contribution < -0.4 is 0 Å². The van der Waals surface area contributed by atoms with Crippen molar-refractivity contribution in [1.82, 2.24) is 0 Å². The van der Waals surface area contributed by atoms with Crippen LogP contribution in [0.4, 0.5) is 0 Å². The fourth-order valence-corrected chi connectivity index (χ4v) is 5.43. The van der Waals surface area contributed by atoms with E-state index < -0.39 is 0 Å². The first-order valence-electron chi connectivity index (χ1n) is 9.04. The Labute approximate surface area is 135 Å². The van der Waals surface area contributed by atoms with Crippen LogP contribution in [0.5, 0.6) is 0 Å². The molecule has 1 unspecified atom stereocenters. The average Bonchev–Trinajstić information content (AvgIpc) is 2.34. The van der Waals surface area contributed by atoms with Gasteiger partial charge in [-0.25, -0.2) is 0 Å². The maximum atomic E-state index is 9.93. The first kappa shape index (κ1) is 16.7. The quantitative estimate of drug-likeness (QED) is 0.551. The van der Waals surface area contributed by atoms with Crippen molar-refractivity contribution in [2.45, 2.75) is 50.2 Å². The molecule has 0 aliphatic heterocycles. The molecular weight excluding hydrogens is 278 g/mol. The second-order valence-electron chi connectivity index (χ2n) is 9.15. The van der Waals surface area contributed by atoms with Gasteiger partial charge in [0.1, 0.15) is 12.6 Å². The lowest BCUT2D eigenvalue weighted by atomic mass is 9.54. The standard InChI is InChI=1S/C18H34NO3/c1-19(2,3)12-17(20)13-21-4-5-22-18-9-14-6-15(10-18)8-16(7-14)11-18/h14-17,20H,4-13H2,1-3H3/q+1. The van der Waals surface area contributed by atoms with E-state index in [1.54, 1.807) is 0 Å². The predicted octanol–water partition coefficient (Wildman–Crippen LogP) is 2.06. The van der Waals surface area contributed by atoms with Gasteiger partial charge in [-0.3, -0.25) is 0 Å². The van der Waals surface area contributed by atoms with Gasteiger partial charge in [-0.2, -0.15) is 0 Å². The molecule has 1 atom stereocenters. The Kier molecular flexibility index (Phi) is 4.84. The van der Waals surface area contributed by atoms with Gasteiger partial charge in [0.15, 0.2) is 0 Å². The number of likely N-dealkylation sites (N-methyl/N-ethyl adjacent to an activating group) is 1. The SMILES string of the molecule is C[N+](C)(C)CC(O)COCCOC12CC3CC(CC(C3)C1)C2. The number of ether oxygens (including phenoxy) is 2. The molecule has 4 fully saturated rings. The maximum absolute atomic E-state index is 9.93. The molecule has 0 saturated heterocycles. The van der Waals surface area contributed by atoms with Crippen LogP contribution in [-0.4, -0.2) is 68.8 Å². The summed E-state index contributed by atoms with van der Waals surface area (Å²) in [5.74, 6) is 2.79. The van der Waals surface area contributed by atoms with Gasteiger partial charge in [-0.15, -0.1) is 0 Å². The molecule has 4 bridgehead atoms. The Bertz CT molecular complexity index is 342. The van der Waals surface area contributed by atoms with Gasteiger partial charge in [0.25, 0.3) is 0 Å². The van der Waals surface area contributed by atoms with E-state index in [1.165, 1.54) is 38.5 Å². The molecule has 4 heteroatoms. The summed E-state index contributed by atoms with van der Waals surface area (Å²) < 4.78 is 12.7. The summed E-state index contributed by atoms with van der Waals surface area (Å²) in [6.45, 7) is 2.43. The van der Waals surface area contributed by atoms with Crippen LogP contribution in [0.1, 0.15) is 38.5 Å². The van der Waals surface area contributed by atoms with Crippen molar-refractivity contribution in [2.24, 2.45) is 17.8 Å². The van der Waals surface area contributed by atoms with Crippen molar-refractivity contribution < 1.29 is 19.1 Å². The molecule has 0 spiro atoms. The number of hydrogen-bond acceptors (Lipinski definition) is 3. The molecule has 128 valence electrons. The lowest BCUT2D eigenvalue weighted by Crippen LogP contribution is -2.52. The van der Waals surface area contributed by atoms with Gasteiger partial charge < -0.3 is 19.1 Å². The van der Waals surface area contributed by atoms with E-state index in [-0.39, 0.29) is 11.7 Å². The number of rotatable bonds is 8. The molecule has 4 saturated carbocycles. The minimum absolute atomic E-state index is 0.180. The van der Waals surface area contributed by atoms with Crippen LogP contribution in [0, 0.1) is 17.8 Å². The molecule has 0 aromatic heterocycles. The molecule has 0 heterocycles. The molecule has 1 N–H and O–H groups in total. The topological polar surface area (TPSA) is 38.7 Å². The number of nitrogens with zero attached hydrogens (tertiary/aromatic N) is 1. The first-order valence-corrected chi connectivity index (χ1v) is 9.04. The predicted molar refractivity (Wildman–Crippen MR) is 86.6 cm³/mol. The molecule has 4 rings (SSSR count). The molecule has 22 heavy (non-hydrogen) atoms. The van der Waals surface area contributed by atoms with E-state index in [4.69, 9.17) is 9.47 Å². The number of hydrogen-bond donors (Lipinski definition) is 1. The molecule has 4 aliphatic carbocycles. The third-order valence-corrected chi connectivity index (χ3v) is 5.69. The van der Waals surface area contributed by atoms with Crippen LogP contribution >= 0.6 is 0 Å². The molecular formula is C18H34NO3+. The second kappa shape index (κ2) is 6.39. The van der Waals surface area contributed by atoms with Crippen molar-refractivity contribution in [3.05, 3.63) is 0 Å². The highest BCUT2D eigenvalue weighted by molar-refractivity contribution is 5.03. The van der Waals surface area contributed by atoms with E-state index in [1.807, 2.05) is 0 Å². The van der Waals surface area contributed by atoms with Gasteiger partial charge in [-0.1, -0.05) is 0 Å². The summed E-state index contributed by atoms with van der Waals surface area (Å²) >= 11 is 0. The summed E-state index contributed by atoms with van der Waals surface area (Å²) in [5, 5.41) is 9.93. The van der Waals surface area contributed by atoms with Crippen LogP contribution in [0.3, 0.4) is 0 Å². The Hall–Kier alpha value is -0.160. The Morgan fingerprint density at radius 1 is 1.00 bits per heavy atom. The number of aliphatic hydroxyl groups is 1. The van der Waals surface area contributed by atoms with Gasteiger partial charge >= 0.3 is 0 Å². The summed E-state index contributed by atoms with van der Waals surface area (Å²) in [6, 6.07) is 0. The monoisotopic (exact) mass is 312 g/mol. The van der Waals surface area contributed by atoms with Crippen molar-refractivity contribution in [3.63, 3.8) is 0 Å². The van der Waals surface area contributed by atoms with Gasteiger partial charge in [-0.05, 0) is 56.3 Å². The third kappa shape index (κ3) is 4.22. The average molecular weight is 312 g/mol. The van der Waals surface area contributed by atoms with Gasteiger partial charge in [0, 0.05) is 0 Å². The molecule has 0 aromatic rings. The minimum atomic E-state index is -0.389. The molecule has 4 nitrogen and oxygen atoms in total. The zero-order valence-corrected chi connectivity index (χ0v) is 14.6. The van der Waals surface area contributed by atoms with Gasteiger partial charge in [0.2, 0.25) is 0 Å². The highest BCUT2D eigenvalue weighted by Crippen LogP contribution is 2.57. The normalized spacial score (nSPS) is 38.5. The number of quaternary nitrogens is 1. The summed E-state index contributed by atoms with van der Waals surface area (Å²) in [4.78, 5) is 0. The van der Waals surface area contributed by atoms with Crippen LogP contribution in [-0.2, 0) is 9.47 Å². The fraction of sp³-hybridized carbons (Fsp3) is 1.00. The number of aliphatic hydroxyl groups excluding tert-OH is 1. The molecule has 4 aliphatic rings. The zero-order valence-electron chi connectivity index (χ0n) is 14.6. The highest BCUT2D eigenvalue weighted by Gasteiger charge is 2.51. The Balaban J connectivity index is 1.34. The second-order valence-corrected chi connectivity index (χ2v) is 9.15. The third-order valence-electron chi connectivity index (χ3n) is 5.69. The maximum Gasteiger partial charge on any atom is 0.126 e. The van der Waals surface area contributed by atoms with Crippen molar-refractivity contribution in [2.75, 3.05) is 47.5 Å². The van der Waals surface area contributed by atoms with E-state index in [2.05, 4.69) is 21.1 Å². The molecule has 0 amide bonds. The molecule has 0 aromatic carbocycles. The van der Waals surface area contributed by atoms with Crippen molar-refractivity contribution in [3.8, 4) is 0 Å². The van der Waals surface area contributed by atoms with Crippen LogP contribution in [0.15, 0.2) is 0 Å². The summed E-state index contributed by atoms with van der Waals surface area (Å²) in [6.07, 6.45) is 7.82. The van der Waals surface area contributed by atoms with E-state index >= 15 is 0 Å². The van der Waals surface area contributed by atoms with E-state index in [0.717, 1.165) is 28.8 Å². The smallest absolute Gasteiger partial charge is 0.126 e. The molecule has 0 radical (unpaired) electrons. The van der Waals surface area contributed by atoms with Crippen molar-refractivity contribution in [1.29, 1.82) is 0 Å². The minimum Gasteiger partial charge on any atom is -0.385 e. The fourth-order valence-electron chi connectivity index (χ4n) is 5.43. The largest absolute Gasteiger partial charge is 0.385 e. The van der Waals surface area contributed by atoms with Crippen LogP contribution in [0.2, 0.25) is 0 Å². The zero-order chi connectivity index (χ0) is 15.8. The van der Waals surface area contributed by atoms with Crippen molar-refractivity contribution >= 4 is 0 Å². The van der Waals surface area contributed by atoms with Crippen LogP contribution in [0.25, 0.3) is 0 Å². The van der Waals surface area contributed by atoms with E-state index in [0.29, 0.717) is 19.8 Å². The lowest BCUT2D eigenvalue weighted by Gasteiger charge is -2.56. The highest BCUT2D eigenvalue weighted by atomic mass is 16.5. The Morgan fingerprint density at radius 2 is 1.55 bits per heavy atom. The van der Waals surface area contributed by atoms with Gasteiger partial charge in [0.05, 0.1) is 46.6 Å². The summed E-state index contributed by atoms with van der Waals surface area (Å²) in [5.41, 5.74) is 0.180. The first-order chi connectivity index (χ1) is 10.3. The van der Waals surface area contributed by atoms with E-state index in [9.17, 15) is 5.11 Å². The summed E-state index contributed by atoms with van der Waals surface area (Å²) in [7, 11) is 6.25.